The van der Waals surface area contributed by atoms with Crippen molar-refractivity contribution in [3.05, 3.63) is 83.6 Å². The molecule has 1 aliphatic heterocycles. The summed E-state index contributed by atoms with van der Waals surface area (Å²) in [5.74, 6) is 2.67. The van der Waals surface area contributed by atoms with Gasteiger partial charge in [0.2, 0.25) is 5.89 Å². The Hall–Kier alpha value is -3.38. The van der Waals surface area contributed by atoms with Crippen LogP contribution in [0, 0.1) is 11.3 Å². The Morgan fingerprint density at radius 3 is 2.64 bits per heavy atom. The Morgan fingerprint density at radius 2 is 2.02 bits per heavy atom. The minimum absolute atomic E-state index is 0.203. The van der Waals surface area contributed by atoms with Gasteiger partial charge in [-0.05, 0) is 68.9 Å². The van der Waals surface area contributed by atoms with Crippen molar-refractivity contribution in [2.75, 3.05) is 25.9 Å². The van der Waals surface area contributed by atoms with E-state index in [2.05, 4.69) is 47.8 Å². The zero-order chi connectivity index (χ0) is 30.7. The van der Waals surface area contributed by atoms with E-state index < -0.39 is 11.7 Å². The number of nitriles is 1. The molecule has 0 atom stereocenters. The van der Waals surface area contributed by atoms with Gasteiger partial charge in [-0.25, -0.2) is 4.98 Å². The molecule has 0 saturated carbocycles. The molecule has 5 nitrogen and oxygen atoms in total. The monoisotopic (exact) mass is 598 g/mol. The van der Waals surface area contributed by atoms with E-state index in [1.807, 2.05) is 43.1 Å². The fourth-order valence-electron chi connectivity index (χ4n) is 4.78. The quantitative estimate of drug-likeness (QED) is 0.141. The van der Waals surface area contributed by atoms with Gasteiger partial charge in [-0.2, -0.15) is 30.2 Å². The number of thioether (sulfide) groups is 1. The number of unbranched alkanes of at least 4 members (excludes halogenated alkanes) is 1. The van der Waals surface area contributed by atoms with Crippen LogP contribution in [0.15, 0.2) is 71.0 Å². The van der Waals surface area contributed by atoms with E-state index in [-0.39, 0.29) is 12.3 Å². The minimum Gasteiger partial charge on any atom is -0.436 e. The lowest BCUT2D eigenvalue weighted by Crippen LogP contribution is -2.38. The molecule has 1 aromatic heterocycles. The van der Waals surface area contributed by atoms with E-state index in [1.54, 1.807) is 12.1 Å². The van der Waals surface area contributed by atoms with Crippen molar-refractivity contribution < 1.29 is 17.6 Å². The van der Waals surface area contributed by atoms with E-state index in [1.165, 1.54) is 6.08 Å². The van der Waals surface area contributed by atoms with Gasteiger partial charge in [0.25, 0.3) is 0 Å². The largest absolute Gasteiger partial charge is 0.436 e. The Labute approximate surface area is 251 Å². The first-order chi connectivity index (χ1) is 20.1. The van der Waals surface area contributed by atoms with Crippen molar-refractivity contribution in [3.63, 3.8) is 0 Å². The number of likely N-dealkylation sites (tertiary alicyclic amines) is 1. The second kappa shape index (κ2) is 15.7. The molecule has 1 aromatic carbocycles. The molecule has 42 heavy (non-hydrogen) atoms. The Bertz CT molecular complexity index is 1370. The first-order valence-corrected chi connectivity index (χ1v) is 15.4. The summed E-state index contributed by atoms with van der Waals surface area (Å²) in [6.45, 7) is 10.9. The van der Waals surface area contributed by atoms with Gasteiger partial charge in [-0.1, -0.05) is 50.8 Å². The second-order valence-corrected chi connectivity index (χ2v) is 12.0. The number of fused-ring (bicyclic) bond motifs is 1. The number of piperidine rings is 1. The highest BCUT2D eigenvalue weighted by Crippen LogP contribution is 2.31. The lowest BCUT2D eigenvalue weighted by atomic mass is 10.00. The highest BCUT2D eigenvalue weighted by molar-refractivity contribution is 7.99. The highest BCUT2D eigenvalue weighted by Gasteiger charge is 2.29. The molecule has 0 spiro atoms. The summed E-state index contributed by atoms with van der Waals surface area (Å²) in [6.07, 6.45) is 10.9. The van der Waals surface area contributed by atoms with E-state index in [0.29, 0.717) is 22.2 Å². The zero-order valence-corrected chi connectivity index (χ0v) is 25.7. The number of alkyl halides is 3. The molecule has 0 radical (unpaired) electrons. The Balaban J connectivity index is 1.47. The summed E-state index contributed by atoms with van der Waals surface area (Å²) in [5.41, 5.74) is 3.23. The van der Waals surface area contributed by atoms with Gasteiger partial charge in [0, 0.05) is 42.1 Å². The molecule has 2 aromatic rings. The number of nitrogens with one attached hydrogen (secondary N) is 1. The second-order valence-electron chi connectivity index (χ2n) is 10.6. The molecular weight excluding hydrogens is 557 g/mol. The molecule has 1 fully saturated rings. The predicted molar refractivity (Wildman–Crippen MR) is 168 cm³/mol. The summed E-state index contributed by atoms with van der Waals surface area (Å²) >= 11 is 2.00. The molecule has 2 heterocycles. The van der Waals surface area contributed by atoms with E-state index in [9.17, 15) is 18.4 Å². The number of allylic oxidation sites excluding steroid dienone is 8. The number of hydrogen-bond acceptors (Lipinski definition) is 6. The molecule has 3 rings (SSSR count). The maximum absolute atomic E-state index is 12.7. The minimum atomic E-state index is -4.27. The Morgan fingerprint density at radius 1 is 1.29 bits per heavy atom. The lowest BCUT2D eigenvalue weighted by Gasteiger charge is -2.34. The summed E-state index contributed by atoms with van der Waals surface area (Å²) < 4.78 is 44.3. The van der Waals surface area contributed by atoms with E-state index in [4.69, 9.17) is 4.42 Å². The maximum Gasteiger partial charge on any atom is 0.412 e. The predicted octanol–water partition coefficient (Wildman–Crippen LogP) is 8.89. The average Bonchev–Trinajstić information content (AvgIpc) is 3.39. The third kappa shape index (κ3) is 9.32. The smallest absolute Gasteiger partial charge is 0.412 e. The summed E-state index contributed by atoms with van der Waals surface area (Å²) in [7, 11) is 1.81. The molecular formula is C33H41F3N4OS. The van der Waals surface area contributed by atoms with Crippen LogP contribution in [0.3, 0.4) is 0 Å². The third-order valence-electron chi connectivity index (χ3n) is 7.20. The van der Waals surface area contributed by atoms with Crippen molar-refractivity contribution in [3.8, 4) is 6.07 Å². The summed E-state index contributed by atoms with van der Waals surface area (Å²) in [4.78, 5) is 6.89. The molecule has 9 heteroatoms. The van der Waals surface area contributed by atoms with Crippen LogP contribution in [0.25, 0.3) is 16.7 Å². The number of benzene rings is 1. The number of hydrogen-bond donors (Lipinski definition) is 1. The summed E-state index contributed by atoms with van der Waals surface area (Å²) in [6, 6.07) is 5.84. The van der Waals surface area contributed by atoms with Crippen LogP contribution in [0.5, 0.6) is 0 Å². The van der Waals surface area contributed by atoms with Crippen LogP contribution in [0.4, 0.5) is 13.2 Å². The number of rotatable bonds is 13. The topological polar surface area (TPSA) is 65.1 Å². The van der Waals surface area contributed by atoms with Gasteiger partial charge in [0.05, 0.1) is 17.5 Å². The highest BCUT2D eigenvalue weighted by atomic mass is 32.2. The molecule has 0 bridgehead atoms. The van der Waals surface area contributed by atoms with Gasteiger partial charge in [-0.3, -0.25) is 0 Å². The number of halogens is 3. The third-order valence-corrected chi connectivity index (χ3v) is 8.67. The number of aromatic nitrogens is 1. The number of oxazole rings is 1. The van der Waals surface area contributed by atoms with Crippen LogP contribution in [0.1, 0.15) is 75.8 Å². The standard InChI is InChI=1S/C33H41F3N4OS/c1-6-11-26(32-39-29-21-25(22-37)20-28(23(2)3)31(29)41-32)13-8-7-9-19-42-27-15-17-40(18-16-27)30(38-5)14-10-12-24(4)33(34,35)36/h6,8,11-14,20-21,23,27,38H,1,7,9-10,15-19H2,2-5H3/b13-8-,24-12+,26-11+,30-14+. The van der Waals surface area contributed by atoms with Crippen LogP contribution < -0.4 is 5.32 Å². The Kier molecular flexibility index (Phi) is 12.4. The first kappa shape index (κ1) is 33.1. The van der Waals surface area contributed by atoms with Gasteiger partial charge < -0.3 is 14.6 Å². The van der Waals surface area contributed by atoms with E-state index in [0.717, 1.165) is 74.0 Å². The van der Waals surface area contributed by atoms with Crippen molar-refractivity contribution in [2.45, 2.75) is 70.2 Å². The lowest BCUT2D eigenvalue weighted by molar-refractivity contribution is -0.0915. The molecule has 1 N–H and O–H groups in total. The fourth-order valence-corrected chi connectivity index (χ4v) is 5.99. The molecule has 1 aliphatic rings. The number of nitrogens with zero attached hydrogens (tertiary/aromatic N) is 3. The summed E-state index contributed by atoms with van der Waals surface area (Å²) in [5, 5.41) is 13.1. The van der Waals surface area contributed by atoms with Crippen molar-refractivity contribution in [1.82, 2.24) is 15.2 Å². The van der Waals surface area contributed by atoms with Gasteiger partial charge in [-0.15, -0.1) is 0 Å². The maximum atomic E-state index is 12.7. The first-order valence-electron chi connectivity index (χ1n) is 14.4. The van der Waals surface area contributed by atoms with Crippen LogP contribution in [-0.4, -0.2) is 47.2 Å². The normalized spacial score (nSPS) is 16.1. The molecule has 0 amide bonds. The average molecular weight is 599 g/mol. The van der Waals surface area contributed by atoms with E-state index >= 15 is 0 Å². The van der Waals surface area contributed by atoms with Crippen molar-refractivity contribution >= 4 is 28.4 Å². The fraction of sp³-hybridized carbons (Fsp3) is 0.455. The van der Waals surface area contributed by atoms with Crippen molar-refractivity contribution in [2.24, 2.45) is 0 Å². The van der Waals surface area contributed by atoms with Crippen LogP contribution in [0.2, 0.25) is 0 Å². The zero-order valence-electron chi connectivity index (χ0n) is 24.9. The van der Waals surface area contributed by atoms with Crippen LogP contribution >= 0.6 is 11.8 Å². The van der Waals surface area contributed by atoms with Crippen molar-refractivity contribution in [1.29, 1.82) is 5.26 Å². The molecule has 0 aliphatic carbocycles. The molecule has 1 saturated heterocycles. The van der Waals surface area contributed by atoms with Gasteiger partial charge >= 0.3 is 6.18 Å². The van der Waals surface area contributed by atoms with Crippen LogP contribution in [-0.2, 0) is 0 Å². The molecule has 226 valence electrons. The van der Waals surface area contributed by atoms with Gasteiger partial charge in [0.15, 0.2) is 5.58 Å². The SMILES string of the molecule is C=C/C=C(\C=C/CCCSC1CCN(/C(=C/C/C=C(\C)C(F)(F)F)NC)CC1)c1nc2cc(C#N)cc(C(C)C)c2o1. The van der Waals surface area contributed by atoms with Gasteiger partial charge in [0.1, 0.15) is 5.52 Å². The molecule has 0 unspecified atom stereocenters.